The zero-order valence-corrected chi connectivity index (χ0v) is 12.6. The predicted molar refractivity (Wildman–Crippen MR) is 36.7 cm³/mol. The van der Waals surface area contributed by atoms with Crippen LogP contribution in [0.2, 0.25) is 0 Å². The van der Waals surface area contributed by atoms with Crippen molar-refractivity contribution in [2.24, 2.45) is 5.92 Å². The summed E-state index contributed by atoms with van der Waals surface area (Å²) in [6.45, 7) is 4.07. The minimum Gasteiger partial charge on any atom is -0.681 e. The summed E-state index contributed by atoms with van der Waals surface area (Å²) in [4.78, 5) is 0.806. The Kier molecular flexibility index (Phi) is 19.4. The van der Waals surface area contributed by atoms with Crippen LogP contribution in [0.3, 0.4) is 0 Å². The summed E-state index contributed by atoms with van der Waals surface area (Å²) in [5.74, 6) is 0.431. The molecule has 0 amide bonds. The second-order valence-corrected chi connectivity index (χ2v) is 2.13. The van der Waals surface area contributed by atoms with Gasteiger partial charge in [0.25, 0.3) is 0 Å². The molecule has 4 heteroatoms. The van der Waals surface area contributed by atoms with Crippen molar-refractivity contribution >= 4 is 17.2 Å². The van der Waals surface area contributed by atoms with Gasteiger partial charge in [0.15, 0.2) is 0 Å². The third kappa shape index (κ3) is 10.1. The van der Waals surface area contributed by atoms with Crippen LogP contribution in [0.4, 0.5) is 0 Å². The Morgan fingerprint density at radius 1 is 1.33 bits per heavy atom. The van der Waals surface area contributed by atoms with Gasteiger partial charge in [-0.15, -0.1) is 19.3 Å². The zero-order valence-electron chi connectivity index (χ0n) is 6.09. The Bertz CT molecular complexity index is 75.4. The molecule has 0 spiro atoms. The van der Waals surface area contributed by atoms with E-state index in [0.717, 1.165) is 4.99 Å². The molecule has 0 aliphatic carbocycles. The van der Waals surface area contributed by atoms with E-state index < -0.39 is 0 Å². The smallest absolute Gasteiger partial charge is 0 e. The van der Waals surface area contributed by atoms with Crippen molar-refractivity contribution in [2.45, 2.75) is 13.8 Å². The summed E-state index contributed by atoms with van der Waals surface area (Å²) in [5, 5.41) is 3.82. The largest absolute Gasteiger partial charge is 0.681 e. The van der Waals surface area contributed by atoms with Crippen molar-refractivity contribution in [1.82, 2.24) is 0 Å². The van der Waals surface area contributed by atoms with Crippen LogP contribution in [0.1, 0.15) is 13.8 Å². The fraction of sp³-hybridized carbons (Fsp3) is 0.800. The van der Waals surface area contributed by atoms with E-state index in [4.69, 9.17) is 12.2 Å². The van der Waals surface area contributed by atoms with Crippen molar-refractivity contribution in [2.75, 3.05) is 7.05 Å². The van der Waals surface area contributed by atoms with Crippen LogP contribution < -0.4 is 0 Å². The molecule has 0 fully saturated rings. The molecule has 0 aromatic rings. The topological polar surface area (TPSA) is 14.1 Å². The van der Waals surface area contributed by atoms with Crippen molar-refractivity contribution in [1.29, 1.82) is 0 Å². The molecule has 0 bridgehead atoms. The average Bonchev–Trinajstić information content (AvgIpc) is 1.65. The first-order valence-corrected chi connectivity index (χ1v) is 2.73. The van der Waals surface area contributed by atoms with E-state index >= 15 is 0 Å². The molecule has 1 nitrogen and oxygen atoms in total. The molecule has 0 aliphatic heterocycles. The van der Waals surface area contributed by atoms with Crippen LogP contribution in [0.5, 0.6) is 0 Å². The van der Waals surface area contributed by atoms with E-state index in [1.165, 1.54) is 0 Å². The summed E-state index contributed by atoms with van der Waals surface area (Å²) in [7, 11) is 1.72. The molecule has 0 saturated heterocycles. The Balaban J connectivity index is -0.000000180. The van der Waals surface area contributed by atoms with Gasteiger partial charge in [-0.25, -0.2) is 0 Å². The molecule has 0 aromatic heterocycles. The minimum absolute atomic E-state index is 0. The van der Waals surface area contributed by atoms with E-state index in [0.29, 0.717) is 5.92 Å². The van der Waals surface area contributed by atoms with Crippen molar-refractivity contribution in [3.8, 4) is 0 Å². The normalized spacial score (nSPS) is 7.11. The van der Waals surface area contributed by atoms with Crippen molar-refractivity contribution in [3.63, 3.8) is 0 Å². The monoisotopic (exact) mass is 294 g/mol. The Hall–Kier alpha value is 2.10. The van der Waals surface area contributed by atoms with E-state index in [-0.39, 0.29) is 65.4 Å². The summed E-state index contributed by atoms with van der Waals surface area (Å²) in [5.41, 5.74) is 0. The van der Waals surface area contributed by atoms with Crippen molar-refractivity contribution < 1.29 is 65.4 Å². The zero-order chi connectivity index (χ0) is 5.86. The third-order valence-electron chi connectivity index (χ3n) is 0.714. The van der Waals surface area contributed by atoms with Crippen LogP contribution >= 0.6 is 12.2 Å². The van der Waals surface area contributed by atoms with Gasteiger partial charge in [0.1, 0.15) is 0 Å². The van der Waals surface area contributed by atoms with Crippen LogP contribution in [0.15, 0.2) is 0 Å². The van der Waals surface area contributed by atoms with Crippen molar-refractivity contribution in [3.05, 3.63) is 5.32 Å². The van der Waals surface area contributed by atoms with Crippen LogP contribution in [0.25, 0.3) is 5.32 Å². The summed E-state index contributed by atoms with van der Waals surface area (Å²) < 4.78 is 0. The van der Waals surface area contributed by atoms with Gasteiger partial charge >= 0.3 is 0 Å². The molecule has 9 heavy (non-hydrogen) atoms. The van der Waals surface area contributed by atoms with Gasteiger partial charge in [0, 0.05) is 65.4 Å². The summed E-state index contributed by atoms with van der Waals surface area (Å²) in [6, 6.07) is 0. The third-order valence-corrected chi connectivity index (χ3v) is 1.37. The molecule has 48 valence electrons. The maximum atomic E-state index is 4.81. The predicted octanol–water partition coefficient (Wildman–Crippen LogP) is 1.97. The summed E-state index contributed by atoms with van der Waals surface area (Å²) in [6.07, 6.45) is 0. The summed E-state index contributed by atoms with van der Waals surface area (Å²) >= 11 is 4.81. The molecule has 2 radical (unpaired) electrons. The van der Waals surface area contributed by atoms with Gasteiger partial charge in [-0.3, -0.25) is 0 Å². The molecular weight excluding hydrogens is 284 g/mol. The average molecular weight is 294 g/mol. The van der Waals surface area contributed by atoms with Crippen LogP contribution in [-0.2, 0) is 65.4 Å². The van der Waals surface area contributed by atoms with Crippen LogP contribution in [0, 0.1) is 5.92 Å². The maximum absolute atomic E-state index is 4.81. The van der Waals surface area contributed by atoms with E-state index in [2.05, 4.69) is 5.32 Å². The van der Waals surface area contributed by atoms with E-state index in [1.54, 1.807) is 7.05 Å². The van der Waals surface area contributed by atoms with E-state index in [1.807, 2.05) is 13.8 Å². The first-order valence-electron chi connectivity index (χ1n) is 2.32. The fourth-order valence-electron chi connectivity index (χ4n) is 0.258. The maximum Gasteiger partial charge on any atom is 0 e. The number of hydrogen-bond acceptors (Lipinski definition) is 1. The Morgan fingerprint density at radius 3 is 1.67 bits per heavy atom. The second-order valence-electron chi connectivity index (χ2n) is 1.72. The fourth-order valence-corrected chi connectivity index (χ4v) is 0.258. The minimum atomic E-state index is 0. The Morgan fingerprint density at radius 2 is 1.67 bits per heavy atom. The van der Waals surface area contributed by atoms with Crippen LogP contribution in [-0.4, -0.2) is 12.0 Å². The number of rotatable bonds is 1. The SMILES string of the molecule is C[N-]C(=S)C(C)C.[Y].[Y]. The first kappa shape index (κ1) is 17.3. The first-order chi connectivity index (χ1) is 3.18. The molecule has 0 aromatic carbocycles. The molecule has 0 atom stereocenters. The van der Waals surface area contributed by atoms with Gasteiger partial charge in [-0.2, -0.15) is 0 Å². The van der Waals surface area contributed by atoms with Gasteiger partial charge in [-0.1, -0.05) is 18.8 Å². The second kappa shape index (κ2) is 10.1. The molecule has 0 unspecified atom stereocenters. The Labute approximate surface area is 113 Å². The van der Waals surface area contributed by atoms with Gasteiger partial charge in [0.2, 0.25) is 0 Å². The van der Waals surface area contributed by atoms with Gasteiger partial charge < -0.3 is 5.32 Å². The van der Waals surface area contributed by atoms with Gasteiger partial charge in [-0.05, 0) is 5.92 Å². The molecule has 0 saturated carbocycles. The quantitative estimate of drug-likeness (QED) is 0.674. The van der Waals surface area contributed by atoms with Gasteiger partial charge in [0.05, 0.1) is 0 Å². The molecule has 0 rings (SSSR count). The molecular formula is C5H10NSY2-. The number of hydrogen-bond donors (Lipinski definition) is 0. The molecule has 0 heterocycles. The standard InChI is InChI=1S/C5H11NS.2Y/c1-4(2)5(7)6-3;;/h4H,1-3H3,(H,6,7);;/p-1. The number of nitrogens with zero attached hydrogens (tertiary/aromatic N) is 1. The van der Waals surface area contributed by atoms with E-state index in [9.17, 15) is 0 Å². The number of thiocarbonyl (C=S) groups is 1. The molecule has 0 aliphatic rings. The molecule has 0 N–H and O–H groups in total.